The molecule has 0 spiro atoms. The Labute approximate surface area is 141 Å². The molecular formula is C20H32N2O. The standard InChI is InChI=1S/C20H32N2O/c1-17-7-5-6-8-18(17)9-10-19(23)22-15-13-21(14-16-22)12-11-20(2,3)4/h5-8H,9-16H2,1-4H3. The van der Waals surface area contributed by atoms with Gasteiger partial charge in [-0.3, -0.25) is 9.69 Å². The summed E-state index contributed by atoms with van der Waals surface area (Å²) in [4.78, 5) is 17.0. The lowest BCUT2D eigenvalue weighted by Crippen LogP contribution is -2.49. The Bertz CT molecular complexity index is 511. The summed E-state index contributed by atoms with van der Waals surface area (Å²) in [5, 5.41) is 0. The molecule has 3 heteroatoms. The molecule has 23 heavy (non-hydrogen) atoms. The zero-order valence-corrected chi connectivity index (χ0v) is 15.3. The molecule has 0 N–H and O–H groups in total. The summed E-state index contributed by atoms with van der Waals surface area (Å²) in [6, 6.07) is 8.36. The summed E-state index contributed by atoms with van der Waals surface area (Å²) in [5.41, 5.74) is 2.97. The number of piperazine rings is 1. The van der Waals surface area contributed by atoms with E-state index in [-0.39, 0.29) is 0 Å². The Kier molecular flexibility index (Phi) is 6.23. The number of hydrogen-bond acceptors (Lipinski definition) is 2. The molecule has 0 aromatic heterocycles. The molecule has 0 atom stereocenters. The van der Waals surface area contributed by atoms with E-state index < -0.39 is 0 Å². The summed E-state index contributed by atoms with van der Waals surface area (Å²) in [5.74, 6) is 0.309. The first-order valence-corrected chi connectivity index (χ1v) is 8.90. The smallest absolute Gasteiger partial charge is 0.222 e. The van der Waals surface area contributed by atoms with Crippen LogP contribution in [0.2, 0.25) is 0 Å². The quantitative estimate of drug-likeness (QED) is 0.830. The van der Waals surface area contributed by atoms with E-state index in [9.17, 15) is 4.79 Å². The van der Waals surface area contributed by atoms with Crippen LogP contribution in [0.1, 0.15) is 44.7 Å². The van der Waals surface area contributed by atoms with Gasteiger partial charge in [0.05, 0.1) is 0 Å². The Morgan fingerprint density at radius 3 is 2.35 bits per heavy atom. The fourth-order valence-electron chi connectivity index (χ4n) is 3.00. The van der Waals surface area contributed by atoms with Crippen LogP contribution < -0.4 is 0 Å². The molecule has 1 aromatic carbocycles. The maximum absolute atomic E-state index is 12.4. The van der Waals surface area contributed by atoms with Crippen LogP contribution >= 0.6 is 0 Å². The Morgan fingerprint density at radius 2 is 1.74 bits per heavy atom. The van der Waals surface area contributed by atoms with Crippen LogP contribution in [0.4, 0.5) is 0 Å². The molecule has 0 aliphatic carbocycles. The highest BCUT2D eigenvalue weighted by molar-refractivity contribution is 5.76. The lowest BCUT2D eigenvalue weighted by molar-refractivity contribution is -0.132. The molecule has 0 saturated carbocycles. The van der Waals surface area contributed by atoms with Crippen molar-refractivity contribution in [2.24, 2.45) is 5.41 Å². The molecule has 3 nitrogen and oxygen atoms in total. The van der Waals surface area contributed by atoms with E-state index in [0.717, 1.165) is 39.1 Å². The van der Waals surface area contributed by atoms with Crippen molar-refractivity contribution < 1.29 is 4.79 Å². The first-order chi connectivity index (χ1) is 10.8. The SMILES string of the molecule is Cc1ccccc1CCC(=O)N1CCN(CCC(C)(C)C)CC1. The van der Waals surface area contributed by atoms with Crippen LogP contribution in [-0.4, -0.2) is 48.4 Å². The first-order valence-electron chi connectivity index (χ1n) is 8.90. The van der Waals surface area contributed by atoms with Gasteiger partial charge in [0.25, 0.3) is 0 Å². The van der Waals surface area contributed by atoms with Gasteiger partial charge in [0.15, 0.2) is 0 Å². The van der Waals surface area contributed by atoms with Gasteiger partial charge in [-0.05, 0) is 42.9 Å². The maximum atomic E-state index is 12.4. The fourth-order valence-corrected chi connectivity index (χ4v) is 3.00. The second kappa shape index (κ2) is 7.96. The van der Waals surface area contributed by atoms with Crippen molar-refractivity contribution in [2.75, 3.05) is 32.7 Å². The second-order valence-corrected chi connectivity index (χ2v) is 7.96. The van der Waals surface area contributed by atoms with Crippen molar-refractivity contribution in [2.45, 2.75) is 47.0 Å². The van der Waals surface area contributed by atoms with Crippen LogP contribution in [0.3, 0.4) is 0 Å². The van der Waals surface area contributed by atoms with E-state index in [1.54, 1.807) is 0 Å². The minimum atomic E-state index is 0.309. The normalized spacial score (nSPS) is 16.6. The summed E-state index contributed by atoms with van der Waals surface area (Å²) < 4.78 is 0. The topological polar surface area (TPSA) is 23.6 Å². The van der Waals surface area contributed by atoms with Crippen molar-refractivity contribution >= 4 is 5.91 Å². The number of aryl methyl sites for hydroxylation is 2. The predicted molar refractivity (Wildman–Crippen MR) is 96.6 cm³/mol. The number of benzene rings is 1. The van der Waals surface area contributed by atoms with Crippen molar-refractivity contribution in [1.82, 2.24) is 9.80 Å². The van der Waals surface area contributed by atoms with Crippen LogP contribution in [0.15, 0.2) is 24.3 Å². The van der Waals surface area contributed by atoms with Crippen molar-refractivity contribution in [3.8, 4) is 0 Å². The average molecular weight is 316 g/mol. The molecule has 1 saturated heterocycles. The Morgan fingerprint density at radius 1 is 1.09 bits per heavy atom. The van der Waals surface area contributed by atoms with E-state index in [2.05, 4.69) is 56.9 Å². The third-order valence-electron chi connectivity index (χ3n) is 4.77. The summed E-state index contributed by atoms with van der Waals surface area (Å²) in [7, 11) is 0. The predicted octanol–water partition coefficient (Wildman–Crippen LogP) is 3.51. The maximum Gasteiger partial charge on any atom is 0.222 e. The molecule has 2 rings (SSSR count). The number of hydrogen-bond donors (Lipinski definition) is 0. The zero-order valence-electron chi connectivity index (χ0n) is 15.3. The van der Waals surface area contributed by atoms with E-state index in [0.29, 0.717) is 17.7 Å². The van der Waals surface area contributed by atoms with Crippen molar-refractivity contribution in [3.63, 3.8) is 0 Å². The second-order valence-electron chi connectivity index (χ2n) is 7.96. The summed E-state index contributed by atoms with van der Waals surface area (Å²) in [6.07, 6.45) is 2.71. The summed E-state index contributed by atoms with van der Waals surface area (Å²) in [6.45, 7) is 13.9. The van der Waals surface area contributed by atoms with Gasteiger partial charge in [-0.2, -0.15) is 0 Å². The fraction of sp³-hybridized carbons (Fsp3) is 0.650. The zero-order chi connectivity index (χ0) is 16.9. The van der Waals surface area contributed by atoms with E-state index >= 15 is 0 Å². The van der Waals surface area contributed by atoms with Crippen LogP contribution in [0, 0.1) is 12.3 Å². The van der Waals surface area contributed by atoms with Gasteiger partial charge in [-0.25, -0.2) is 0 Å². The minimum Gasteiger partial charge on any atom is -0.340 e. The molecule has 1 amide bonds. The average Bonchev–Trinajstić information content (AvgIpc) is 2.52. The van der Waals surface area contributed by atoms with Gasteiger partial charge < -0.3 is 4.90 Å². The van der Waals surface area contributed by atoms with Crippen molar-refractivity contribution in [3.05, 3.63) is 35.4 Å². The van der Waals surface area contributed by atoms with Crippen molar-refractivity contribution in [1.29, 1.82) is 0 Å². The molecule has 128 valence electrons. The van der Waals surface area contributed by atoms with Crippen LogP contribution in [0.5, 0.6) is 0 Å². The molecule has 1 aliphatic rings. The molecule has 1 aliphatic heterocycles. The monoisotopic (exact) mass is 316 g/mol. The lowest BCUT2D eigenvalue weighted by atomic mass is 9.92. The highest BCUT2D eigenvalue weighted by Crippen LogP contribution is 2.19. The van der Waals surface area contributed by atoms with Gasteiger partial charge in [0.1, 0.15) is 0 Å². The highest BCUT2D eigenvalue weighted by Gasteiger charge is 2.22. The van der Waals surface area contributed by atoms with E-state index in [1.165, 1.54) is 17.5 Å². The van der Waals surface area contributed by atoms with Gasteiger partial charge in [0.2, 0.25) is 5.91 Å². The number of amides is 1. The van der Waals surface area contributed by atoms with Gasteiger partial charge in [-0.1, -0.05) is 45.0 Å². The number of carbonyl (C=O) groups excluding carboxylic acids is 1. The molecule has 0 unspecified atom stereocenters. The molecule has 1 fully saturated rings. The number of nitrogens with zero attached hydrogens (tertiary/aromatic N) is 2. The molecule has 0 bridgehead atoms. The molecule has 0 radical (unpaired) electrons. The lowest BCUT2D eigenvalue weighted by Gasteiger charge is -2.36. The largest absolute Gasteiger partial charge is 0.340 e. The minimum absolute atomic E-state index is 0.309. The number of carbonyl (C=O) groups is 1. The molecule has 1 aromatic rings. The van der Waals surface area contributed by atoms with Crippen LogP contribution in [0.25, 0.3) is 0 Å². The highest BCUT2D eigenvalue weighted by atomic mass is 16.2. The van der Waals surface area contributed by atoms with E-state index in [4.69, 9.17) is 0 Å². The molecule has 1 heterocycles. The third kappa shape index (κ3) is 5.98. The Hall–Kier alpha value is -1.35. The molecular weight excluding hydrogens is 284 g/mol. The van der Waals surface area contributed by atoms with Gasteiger partial charge in [0, 0.05) is 32.6 Å². The third-order valence-corrected chi connectivity index (χ3v) is 4.77. The summed E-state index contributed by atoms with van der Waals surface area (Å²) >= 11 is 0. The first kappa shape index (κ1) is 18.0. The van der Waals surface area contributed by atoms with Gasteiger partial charge in [-0.15, -0.1) is 0 Å². The van der Waals surface area contributed by atoms with E-state index in [1.807, 2.05) is 4.90 Å². The number of rotatable bonds is 5. The van der Waals surface area contributed by atoms with Crippen LogP contribution in [-0.2, 0) is 11.2 Å². The van der Waals surface area contributed by atoms with Gasteiger partial charge >= 0.3 is 0 Å². The Balaban J connectivity index is 1.72.